The van der Waals surface area contributed by atoms with Crippen LogP contribution in [0.1, 0.15) is 44.6 Å². The molecular weight excluding hydrogens is 679 g/mol. The molecule has 0 unspecified atom stereocenters. The molecule has 2 aliphatic rings. The van der Waals surface area contributed by atoms with E-state index in [4.69, 9.17) is 32.5 Å². The summed E-state index contributed by atoms with van der Waals surface area (Å²) in [6.07, 6.45) is 5.93. The largest absolute Gasteiger partial charge is 0.445 e. The van der Waals surface area contributed by atoms with E-state index in [1.807, 2.05) is 41.3 Å². The highest BCUT2D eigenvalue weighted by Crippen LogP contribution is 2.30. The number of benzene rings is 2. The van der Waals surface area contributed by atoms with Gasteiger partial charge in [0, 0.05) is 63.8 Å². The molecule has 14 heteroatoms. The van der Waals surface area contributed by atoms with Crippen LogP contribution >= 0.6 is 23.2 Å². The van der Waals surface area contributed by atoms with Gasteiger partial charge in [0.2, 0.25) is 11.8 Å². The molecule has 11 nitrogen and oxygen atoms in total. The lowest BCUT2D eigenvalue weighted by atomic mass is 9.94. The number of carbonyl (C=O) groups is 3. The van der Waals surface area contributed by atoms with E-state index in [-0.39, 0.29) is 36.5 Å². The number of nitrogens with zero attached hydrogens (tertiary/aromatic N) is 4. The maximum atomic E-state index is 13.7. The number of amides is 3. The summed E-state index contributed by atoms with van der Waals surface area (Å²) in [6.45, 7) is 10.4. The van der Waals surface area contributed by atoms with Gasteiger partial charge in [0.1, 0.15) is 6.61 Å². The van der Waals surface area contributed by atoms with Gasteiger partial charge in [-0.2, -0.15) is 8.42 Å². The second-order valence-electron chi connectivity index (χ2n) is 12.0. The maximum Gasteiger partial charge on any atom is 0.410 e. The van der Waals surface area contributed by atoms with Crippen LogP contribution in [0.15, 0.2) is 61.2 Å². The lowest BCUT2D eigenvalue weighted by molar-refractivity contribution is -0.133. The molecule has 0 bridgehead atoms. The summed E-state index contributed by atoms with van der Waals surface area (Å²) in [4.78, 5) is 46.2. The van der Waals surface area contributed by atoms with E-state index >= 15 is 0 Å². The summed E-state index contributed by atoms with van der Waals surface area (Å²) in [7, 11) is -3.67. The fourth-order valence-electron chi connectivity index (χ4n) is 5.90. The number of anilines is 1. The zero-order chi connectivity index (χ0) is 35.3. The van der Waals surface area contributed by atoms with Crippen LogP contribution in [0.5, 0.6) is 0 Å². The summed E-state index contributed by atoms with van der Waals surface area (Å²) in [5, 5.41) is 0.863. The SMILES string of the molecule is C=CCN(C(=O)OCc1ccccc1)C1CCN(CCCN(C(=O)C2CCN(C(C)=O)CC2)c2ccc(Cl)c(Cl)c2)CC1.CS(=O)(=O)O. The average molecular weight is 726 g/mol. The molecule has 48 heavy (non-hydrogen) atoms. The molecule has 0 radical (unpaired) electrons. The Hall–Kier alpha value is -3.16. The minimum absolute atomic E-state index is 0.0488. The van der Waals surface area contributed by atoms with Crippen LogP contribution in [-0.4, -0.2) is 104 Å². The van der Waals surface area contributed by atoms with Crippen molar-refractivity contribution in [2.45, 2.75) is 51.7 Å². The van der Waals surface area contributed by atoms with Gasteiger partial charge in [-0.25, -0.2) is 4.79 Å². The summed E-state index contributed by atoms with van der Waals surface area (Å²) >= 11 is 12.5. The minimum Gasteiger partial charge on any atom is -0.445 e. The normalized spacial score (nSPS) is 16.0. The van der Waals surface area contributed by atoms with Crippen LogP contribution < -0.4 is 4.90 Å². The van der Waals surface area contributed by atoms with Crippen LogP contribution in [0.25, 0.3) is 0 Å². The summed E-state index contributed by atoms with van der Waals surface area (Å²) < 4.78 is 31.5. The lowest BCUT2D eigenvalue weighted by Gasteiger charge is -2.38. The highest BCUT2D eigenvalue weighted by atomic mass is 35.5. The van der Waals surface area contributed by atoms with Crippen molar-refractivity contribution in [3.05, 3.63) is 76.8 Å². The van der Waals surface area contributed by atoms with Crippen LogP contribution in [-0.2, 0) is 31.1 Å². The molecule has 0 spiro atoms. The number of likely N-dealkylation sites (tertiary alicyclic amines) is 2. The van der Waals surface area contributed by atoms with Crippen molar-refractivity contribution in [2.24, 2.45) is 5.92 Å². The van der Waals surface area contributed by atoms with Crippen LogP contribution in [0, 0.1) is 5.92 Å². The molecule has 1 N–H and O–H groups in total. The minimum atomic E-state index is -3.67. The quantitative estimate of drug-likeness (QED) is 0.229. The number of ether oxygens (including phenoxy) is 1. The summed E-state index contributed by atoms with van der Waals surface area (Å²) in [5.74, 6) is -0.0274. The zero-order valence-corrected chi connectivity index (χ0v) is 29.9. The third kappa shape index (κ3) is 13.0. The van der Waals surface area contributed by atoms with Crippen molar-refractivity contribution in [1.29, 1.82) is 0 Å². The van der Waals surface area contributed by atoms with E-state index in [1.54, 1.807) is 34.9 Å². The van der Waals surface area contributed by atoms with E-state index in [2.05, 4.69) is 11.5 Å². The molecule has 0 atom stereocenters. The lowest BCUT2D eigenvalue weighted by Crippen LogP contribution is -2.48. The first-order valence-corrected chi connectivity index (χ1v) is 18.6. The van der Waals surface area contributed by atoms with Gasteiger partial charge in [-0.3, -0.25) is 14.1 Å². The predicted molar refractivity (Wildman–Crippen MR) is 189 cm³/mol. The Bertz CT molecular complexity index is 1470. The Morgan fingerprint density at radius 1 is 1.00 bits per heavy atom. The molecule has 264 valence electrons. The van der Waals surface area contributed by atoms with Crippen LogP contribution in [0.2, 0.25) is 10.0 Å². The molecule has 2 aromatic rings. The number of carbonyl (C=O) groups excluding carboxylic acids is 3. The first-order chi connectivity index (χ1) is 22.8. The number of rotatable bonds is 11. The molecule has 2 fully saturated rings. The molecule has 0 saturated carbocycles. The Balaban J connectivity index is 0.00000116. The van der Waals surface area contributed by atoms with Crippen LogP contribution in [0.3, 0.4) is 0 Å². The van der Waals surface area contributed by atoms with Crippen LogP contribution in [0.4, 0.5) is 10.5 Å². The number of hydrogen-bond acceptors (Lipinski definition) is 7. The van der Waals surface area contributed by atoms with Gasteiger partial charge in [0.05, 0.1) is 16.3 Å². The van der Waals surface area contributed by atoms with Gasteiger partial charge in [-0.15, -0.1) is 6.58 Å². The van der Waals surface area contributed by atoms with Crippen molar-refractivity contribution in [1.82, 2.24) is 14.7 Å². The van der Waals surface area contributed by atoms with Gasteiger partial charge >= 0.3 is 6.09 Å². The van der Waals surface area contributed by atoms with E-state index < -0.39 is 10.1 Å². The highest BCUT2D eigenvalue weighted by molar-refractivity contribution is 7.85. The maximum absolute atomic E-state index is 13.7. The van der Waals surface area contributed by atoms with Crippen molar-refractivity contribution in [3.8, 4) is 0 Å². The molecule has 4 rings (SSSR count). The monoisotopic (exact) mass is 724 g/mol. The molecule has 2 aromatic carbocycles. The average Bonchev–Trinajstić information content (AvgIpc) is 3.06. The predicted octanol–water partition coefficient (Wildman–Crippen LogP) is 5.77. The van der Waals surface area contributed by atoms with Gasteiger partial charge in [0.15, 0.2) is 0 Å². The van der Waals surface area contributed by atoms with Gasteiger partial charge in [0.25, 0.3) is 10.1 Å². The van der Waals surface area contributed by atoms with E-state index in [9.17, 15) is 22.8 Å². The zero-order valence-electron chi connectivity index (χ0n) is 27.6. The van der Waals surface area contributed by atoms with Crippen molar-refractivity contribution in [2.75, 3.05) is 57.0 Å². The Morgan fingerprint density at radius 2 is 1.62 bits per heavy atom. The van der Waals surface area contributed by atoms with Gasteiger partial charge in [-0.05, 0) is 62.4 Å². The van der Waals surface area contributed by atoms with Crippen molar-refractivity contribution < 1.29 is 32.1 Å². The van der Waals surface area contributed by atoms with Gasteiger partial charge in [-0.1, -0.05) is 59.6 Å². The second kappa shape index (κ2) is 19.1. The third-order valence-corrected chi connectivity index (χ3v) is 9.13. The molecule has 0 aromatic heterocycles. The second-order valence-corrected chi connectivity index (χ2v) is 14.3. The molecule has 0 aliphatic carbocycles. The molecule has 2 heterocycles. The van der Waals surface area contributed by atoms with E-state index in [0.29, 0.717) is 55.3 Å². The highest BCUT2D eigenvalue weighted by Gasteiger charge is 2.31. The first kappa shape index (κ1) is 39.3. The smallest absolute Gasteiger partial charge is 0.410 e. The fourth-order valence-corrected chi connectivity index (χ4v) is 6.19. The molecule has 2 saturated heterocycles. The third-order valence-electron chi connectivity index (χ3n) is 8.39. The summed E-state index contributed by atoms with van der Waals surface area (Å²) in [6, 6.07) is 15.1. The van der Waals surface area contributed by atoms with Crippen molar-refractivity contribution in [3.63, 3.8) is 0 Å². The Morgan fingerprint density at radius 3 is 2.19 bits per heavy atom. The molecule has 3 amide bonds. The van der Waals surface area contributed by atoms with Crippen molar-refractivity contribution >= 4 is 56.9 Å². The Labute approximate surface area is 294 Å². The first-order valence-electron chi connectivity index (χ1n) is 16.0. The topological polar surface area (TPSA) is 128 Å². The molecular formula is C34H46Cl2N4O7S. The number of halogens is 2. The fraction of sp³-hybridized carbons (Fsp3) is 0.500. The summed E-state index contributed by atoms with van der Waals surface area (Å²) in [5.41, 5.74) is 1.69. The molecule has 2 aliphatic heterocycles. The number of piperidine rings is 2. The van der Waals surface area contributed by atoms with E-state index in [0.717, 1.165) is 50.1 Å². The standard InChI is InChI=1S/C33H42Cl2N4O4.CH4O3S/c1-3-16-39(33(42)43-24-26-8-5-4-6-9-26)28-14-19-36(20-15-28)17-7-18-38(29-10-11-30(34)31(35)23-29)32(41)27-12-21-37(22-13-27)25(2)40;1-5(2,3)4/h3-6,8-11,23,27-28H,1,7,12-22,24H2,2H3;1H3,(H,2,3,4). The Kier molecular flexibility index (Phi) is 15.7. The number of hydrogen-bond donors (Lipinski definition) is 1. The van der Waals surface area contributed by atoms with E-state index in [1.165, 1.54) is 0 Å². The van der Waals surface area contributed by atoms with Gasteiger partial charge < -0.3 is 24.3 Å².